The smallest absolute Gasteiger partial charge is 0.163 e. The van der Waals surface area contributed by atoms with E-state index in [-0.39, 0.29) is 0 Å². The maximum absolute atomic E-state index is 8.61. The number of nitriles is 1. The van der Waals surface area contributed by atoms with E-state index in [0.717, 1.165) is 11.5 Å². The minimum absolute atomic E-state index is 0.293. The van der Waals surface area contributed by atoms with Crippen LogP contribution in [0.3, 0.4) is 0 Å². The van der Waals surface area contributed by atoms with Crippen molar-refractivity contribution in [3.05, 3.63) is 36.2 Å². The van der Waals surface area contributed by atoms with Gasteiger partial charge in [-0.3, -0.25) is 0 Å². The summed E-state index contributed by atoms with van der Waals surface area (Å²) in [7, 11) is 3.86. The van der Waals surface area contributed by atoms with Crippen molar-refractivity contribution in [1.82, 2.24) is 15.2 Å². The van der Waals surface area contributed by atoms with Gasteiger partial charge in [-0.15, -0.1) is 10.2 Å². The Morgan fingerprint density at radius 2 is 2.00 bits per heavy atom. The molecule has 1 N–H and O–H groups in total. The molecule has 2 aromatic rings. The largest absolute Gasteiger partial charge is 0.363 e. The van der Waals surface area contributed by atoms with Crippen molar-refractivity contribution in [2.24, 2.45) is 0 Å². The quantitative estimate of drug-likeness (QED) is 0.877. The summed E-state index contributed by atoms with van der Waals surface area (Å²) in [4.78, 5) is 6.19. The summed E-state index contributed by atoms with van der Waals surface area (Å²) >= 11 is 0. The molecule has 0 aliphatic carbocycles. The molecule has 2 heterocycles. The first kappa shape index (κ1) is 11.8. The van der Waals surface area contributed by atoms with E-state index in [4.69, 9.17) is 5.26 Å². The Morgan fingerprint density at radius 3 is 2.50 bits per heavy atom. The minimum Gasteiger partial charge on any atom is -0.363 e. The summed E-state index contributed by atoms with van der Waals surface area (Å²) in [5.41, 5.74) is 1.11. The second kappa shape index (κ2) is 5.10. The molecule has 18 heavy (non-hydrogen) atoms. The fourth-order valence-corrected chi connectivity index (χ4v) is 1.33. The standard InChI is InChI=1S/C12H12N6/c1-18(2)12-6-4-10(8-14-12)15-11-5-3-9(7-13)16-17-11/h3-6,8H,1-2H3,(H,15,17). The van der Waals surface area contributed by atoms with Crippen molar-refractivity contribution in [3.63, 3.8) is 0 Å². The third-order valence-electron chi connectivity index (χ3n) is 2.26. The minimum atomic E-state index is 0.293. The maximum Gasteiger partial charge on any atom is 0.163 e. The van der Waals surface area contributed by atoms with Crippen LogP contribution in [0.15, 0.2) is 30.5 Å². The second-order valence-corrected chi connectivity index (χ2v) is 3.84. The average Bonchev–Trinajstić information content (AvgIpc) is 2.40. The van der Waals surface area contributed by atoms with Gasteiger partial charge in [-0.2, -0.15) is 5.26 Å². The van der Waals surface area contributed by atoms with E-state index in [2.05, 4.69) is 20.5 Å². The SMILES string of the molecule is CN(C)c1ccc(Nc2ccc(C#N)nn2)cn1. The highest BCUT2D eigenvalue weighted by Gasteiger charge is 2.00. The fourth-order valence-electron chi connectivity index (χ4n) is 1.33. The Balaban J connectivity index is 2.11. The highest BCUT2D eigenvalue weighted by atomic mass is 15.2. The van der Waals surface area contributed by atoms with E-state index in [1.165, 1.54) is 0 Å². The molecule has 0 aromatic carbocycles. The van der Waals surface area contributed by atoms with Crippen LogP contribution in [0.1, 0.15) is 5.69 Å². The van der Waals surface area contributed by atoms with Gasteiger partial charge in [0.1, 0.15) is 11.9 Å². The molecule has 0 saturated heterocycles. The van der Waals surface area contributed by atoms with Gasteiger partial charge in [-0.05, 0) is 24.3 Å². The van der Waals surface area contributed by atoms with Crippen LogP contribution in [0.5, 0.6) is 0 Å². The van der Waals surface area contributed by atoms with E-state index < -0.39 is 0 Å². The van der Waals surface area contributed by atoms with E-state index in [0.29, 0.717) is 11.5 Å². The molecule has 2 aromatic heterocycles. The lowest BCUT2D eigenvalue weighted by Crippen LogP contribution is -2.10. The van der Waals surface area contributed by atoms with Gasteiger partial charge in [0.25, 0.3) is 0 Å². The molecule has 6 heteroatoms. The summed E-state index contributed by atoms with van der Waals surface area (Å²) in [6, 6.07) is 9.03. The molecule has 0 fully saturated rings. The summed E-state index contributed by atoms with van der Waals surface area (Å²) < 4.78 is 0. The van der Waals surface area contributed by atoms with Crippen molar-refractivity contribution in [1.29, 1.82) is 5.26 Å². The molecule has 2 rings (SSSR count). The molecule has 0 aliphatic rings. The Kier molecular flexibility index (Phi) is 3.34. The lowest BCUT2D eigenvalue weighted by molar-refractivity contribution is 1.01. The Labute approximate surface area is 105 Å². The topological polar surface area (TPSA) is 77.7 Å². The zero-order valence-electron chi connectivity index (χ0n) is 10.1. The van der Waals surface area contributed by atoms with Crippen molar-refractivity contribution in [3.8, 4) is 6.07 Å². The van der Waals surface area contributed by atoms with Gasteiger partial charge in [0.15, 0.2) is 11.5 Å². The van der Waals surface area contributed by atoms with Crippen LogP contribution in [0.2, 0.25) is 0 Å². The fraction of sp³-hybridized carbons (Fsp3) is 0.167. The number of nitrogens with one attached hydrogen (secondary N) is 1. The Morgan fingerprint density at radius 1 is 1.17 bits per heavy atom. The van der Waals surface area contributed by atoms with Gasteiger partial charge in [0.2, 0.25) is 0 Å². The zero-order chi connectivity index (χ0) is 13.0. The number of anilines is 3. The van der Waals surface area contributed by atoms with Crippen molar-refractivity contribution in [2.45, 2.75) is 0 Å². The highest BCUT2D eigenvalue weighted by Crippen LogP contribution is 2.15. The molecule has 0 radical (unpaired) electrons. The summed E-state index contributed by atoms with van der Waals surface area (Å²) in [5, 5.41) is 19.3. The molecule has 0 saturated carbocycles. The van der Waals surface area contributed by atoms with Crippen LogP contribution < -0.4 is 10.2 Å². The predicted octanol–water partition coefficient (Wildman–Crippen LogP) is 1.55. The van der Waals surface area contributed by atoms with Crippen molar-refractivity contribution in [2.75, 3.05) is 24.3 Å². The average molecular weight is 240 g/mol. The highest BCUT2D eigenvalue weighted by molar-refractivity contribution is 5.56. The van der Waals surface area contributed by atoms with E-state index in [1.54, 1.807) is 18.3 Å². The van der Waals surface area contributed by atoms with Crippen LogP contribution in [-0.2, 0) is 0 Å². The summed E-state index contributed by atoms with van der Waals surface area (Å²) in [5.74, 6) is 1.46. The van der Waals surface area contributed by atoms with Gasteiger partial charge >= 0.3 is 0 Å². The molecule has 0 spiro atoms. The number of hydrogen-bond acceptors (Lipinski definition) is 6. The van der Waals surface area contributed by atoms with E-state index in [9.17, 15) is 0 Å². The Hall–Kier alpha value is -2.68. The van der Waals surface area contributed by atoms with Gasteiger partial charge < -0.3 is 10.2 Å². The number of hydrogen-bond donors (Lipinski definition) is 1. The molecule has 0 atom stereocenters. The molecule has 0 aliphatic heterocycles. The summed E-state index contributed by atoms with van der Waals surface area (Å²) in [6.07, 6.45) is 1.72. The van der Waals surface area contributed by atoms with Crippen molar-refractivity contribution < 1.29 is 0 Å². The normalized spacial score (nSPS) is 9.61. The maximum atomic E-state index is 8.61. The molecule has 0 bridgehead atoms. The summed E-state index contributed by atoms with van der Waals surface area (Å²) in [6.45, 7) is 0. The molecular weight excluding hydrogens is 228 g/mol. The third-order valence-corrected chi connectivity index (χ3v) is 2.26. The van der Waals surface area contributed by atoms with Gasteiger partial charge in [-0.1, -0.05) is 0 Å². The van der Waals surface area contributed by atoms with E-state index >= 15 is 0 Å². The van der Waals surface area contributed by atoms with Crippen LogP contribution in [0.25, 0.3) is 0 Å². The monoisotopic (exact) mass is 240 g/mol. The van der Waals surface area contributed by atoms with E-state index in [1.807, 2.05) is 37.2 Å². The third kappa shape index (κ3) is 2.71. The molecule has 0 amide bonds. The lowest BCUT2D eigenvalue weighted by Gasteiger charge is -2.11. The van der Waals surface area contributed by atoms with Crippen molar-refractivity contribution >= 4 is 17.3 Å². The number of pyridine rings is 1. The number of nitrogens with zero attached hydrogens (tertiary/aromatic N) is 5. The number of rotatable bonds is 3. The van der Waals surface area contributed by atoms with Gasteiger partial charge in [-0.25, -0.2) is 4.98 Å². The first-order valence-electron chi connectivity index (χ1n) is 5.33. The van der Waals surface area contributed by atoms with Crippen LogP contribution in [0.4, 0.5) is 17.3 Å². The molecular formula is C12H12N6. The van der Waals surface area contributed by atoms with Crippen LogP contribution in [0, 0.1) is 11.3 Å². The van der Waals surface area contributed by atoms with Gasteiger partial charge in [0.05, 0.1) is 11.9 Å². The zero-order valence-corrected chi connectivity index (χ0v) is 10.1. The lowest BCUT2D eigenvalue weighted by atomic mass is 10.3. The van der Waals surface area contributed by atoms with Crippen LogP contribution in [-0.4, -0.2) is 29.3 Å². The first-order valence-corrected chi connectivity index (χ1v) is 5.33. The second-order valence-electron chi connectivity index (χ2n) is 3.84. The predicted molar refractivity (Wildman–Crippen MR) is 68.6 cm³/mol. The molecule has 6 nitrogen and oxygen atoms in total. The Bertz CT molecular complexity index is 553. The van der Waals surface area contributed by atoms with Gasteiger partial charge in [0, 0.05) is 14.1 Å². The number of aromatic nitrogens is 3. The van der Waals surface area contributed by atoms with Crippen LogP contribution >= 0.6 is 0 Å². The molecule has 90 valence electrons. The molecule has 0 unspecified atom stereocenters. The first-order chi connectivity index (χ1) is 8.69.